The molecule has 0 unspecified atom stereocenters. The van der Waals surface area contributed by atoms with Crippen molar-refractivity contribution in [3.8, 4) is 0 Å². The normalized spacial score (nSPS) is 10.5. The zero-order valence-corrected chi connectivity index (χ0v) is 17.7. The van der Waals surface area contributed by atoms with Gasteiger partial charge in [-0.1, -0.05) is 29.3 Å². The van der Waals surface area contributed by atoms with Gasteiger partial charge in [-0.15, -0.1) is 0 Å². The van der Waals surface area contributed by atoms with Crippen LogP contribution in [0.5, 0.6) is 0 Å². The fourth-order valence-electron chi connectivity index (χ4n) is 2.66. The highest BCUT2D eigenvalue weighted by atomic mass is 35.5. The Hall–Kier alpha value is -3.16. The second-order valence-corrected chi connectivity index (χ2v) is 7.55. The van der Waals surface area contributed by atoms with E-state index < -0.39 is 17.4 Å². The number of amides is 2. The first-order valence-corrected chi connectivity index (χ1v) is 9.69. The van der Waals surface area contributed by atoms with Gasteiger partial charge in [0.25, 0.3) is 11.5 Å². The van der Waals surface area contributed by atoms with E-state index in [9.17, 15) is 14.4 Å². The van der Waals surface area contributed by atoms with Crippen molar-refractivity contribution in [1.82, 2.24) is 9.78 Å². The average Bonchev–Trinajstić information content (AvgIpc) is 2.65. The molecule has 30 heavy (non-hydrogen) atoms. The van der Waals surface area contributed by atoms with Gasteiger partial charge in [0.2, 0.25) is 5.91 Å². The van der Waals surface area contributed by atoms with Crippen molar-refractivity contribution in [1.29, 1.82) is 0 Å². The lowest BCUT2D eigenvalue weighted by Gasteiger charge is -2.10. The van der Waals surface area contributed by atoms with Gasteiger partial charge in [-0.05, 0) is 61.4 Å². The van der Waals surface area contributed by atoms with Gasteiger partial charge >= 0.3 is 0 Å². The maximum Gasteiger partial charge on any atom is 0.276 e. The Balaban J connectivity index is 1.74. The van der Waals surface area contributed by atoms with E-state index in [-0.39, 0.29) is 12.2 Å². The summed E-state index contributed by atoms with van der Waals surface area (Å²) in [6, 6.07) is 12.6. The van der Waals surface area contributed by atoms with Crippen molar-refractivity contribution < 1.29 is 9.59 Å². The first-order valence-electron chi connectivity index (χ1n) is 8.94. The number of hydrogen-bond acceptors (Lipinski definition) is 4. The van der Waals surface area contributed by atoms with Crippen LogP contribution in [0.15, 0.2) is 53.3 Å². The smallest absolute Gasteiger partial charge is 0.276 e. The third kappa shape index (κ3) is 5.46. The van der Waals surface area contributed by atoms with Crippen LogP contribution in [0, 0.1) is 13.8 Å². The molecule has 0 saturated carbocycles. The summed E-state index contributed by atoms with van der Waals surface area (Å²) in [6.07, 6.45) is 0. The van der Waals surface area contributed by atoms with E-state index in [2.05, 4.69) is 15.7 Å². The number of carbonyl (C=O) groups is 2. The van der Waals surface area contributed by atoms with Crippen LogP contribution >= 0.6 is 23.2 Å². The number of aryl methyl sites for hydroxylation is 2. The summed E-state index contributed by atoms with van der Waals surface area (Å²) in [5.74, 6) is -1.01. The minimum absolute atomic E-state index is 0.00595. The molecule has 0 radical (unpaired) electrons. The number of benzene rings is 2. The van der Waals surface area contributed by atoms with Crippen molar-refractivity contribution in [2.24, 2.45) is 0 Å². The highest BCUT2D eigenvalue weighted by Gasteiger charge is 2.13. The highest BCUT2D eigenvalue weighted by Crippen LogP contribution is 2.22. The zero-order chi connectivity index (χ0) is 21.8. The Labute approximate surface area is 182 Å². The van der Waals surface area contributed by atoms with Crippen LogP contribution < -0.4 is 16.2 Å². The molecule has 1 heterocycles. The minimum atomic E-state index is -0.519. The van der Waals surface area contributed by atoms with Gasteiger partial charge < -0.3 is 10.6 Å². The van der Waals surface area contributed by atoms with E-state index in [0.29, 0.717) is 21.4 Å². The zero-order valence-electron chi connectivity index (χ0n) is 16.2. The predicted molar refractivity (Wildman–Crippen MR) is 117 cm³/mol. The Morgan fingerprint density at radius 2 is 1.60 bits per heavy atom. The first-order chi connectivity index (χ1) is 14.2. The fourth-order valence-corrected chi connectivity index (χ4v) is 3.19. The summed E-state index contributed by atoms with van der Waals surface area (Å²) in [7, 11) is 0. The third-order valence-electron chi connectivity index (χ3n) is 4.30. The lowest BCUT2D eigenvalue weighted by atomic mass is 10.1. The van der Waals surface area contributed by atoms with Crippen LogP contribution in [0.3, 0.4) is 0 Å². The van der Waals surface area contributed by atoms with Crippen LogP contribution in [-0.2, 0) is 11.3 Å². The fraction of sp³-hybridized carbons (Fsp3) is 0.143. The van der Waals surface area contributed by atoms with Gasteiger partial charge in [0.1, 0.15) is 12.2 Å². The van der Waals surface area contributed by atoms with E-state index in [0.717, 1.165) is 15.8 Å². The van der Waals surface area contributed by atoms with E-state index in [1.807, 2.05) is 26.0 Å². The summed E-state index contributed by atoms with van der Waals surface area (Å²) < 4.78 is 0.913. The van der Waals surface area contributed by atoms with E-state index >= 15 is 0 Å². The van der Waals surface area contributed by atoms with Gasteiger partial charge in [-0.3, -0.25) is 14.4 Å². The molecule has 0 aliphatic heterocycles. The quantitative estimate of drug-likeness (QED) is 0.620. The van der Waals surface area contributed by atoms with Crippen molar-refractivity contribution in [3.63, 3.8) is 0 Å². The average molecular weight is 445 g/mol. The monoisotopic (exact) mass is 444 g/mol. The summed E-state index contributed by atoms with van der Waals surface area (Å²) in [6.45, 7) is 3.53. The number of anilines is 2. The molecule has 154 valence electrons. The van der Waals surface area contributed by atoms with Crippen LogP contribution in [0.1, 0.15) is 21.6 Å². The SMILES string of the molecule is Cc1ccc(NC(=O)c2ccc(=O)n(CC(=O)Nc3cc(Cl)cc(Cl)c3)n2)cc1C. The lowest BCUT2D eigenvalue weighted by molar-refractivity contribution is -0.117. The van der Waals surface area contributed by atoms with Crippen molar-refractivity contribution in [2.45, 2.75) is 20.4 Å². The Kier molecular flexibility index (Phi) is 6.54. The molecule has 3 aromatic rings. The number of aromatic nitrogens is 2. The summed E-state index contributed by atoms with van der Waals surface area (Å²) in [4.78, 5) is 36.9. The van der Waals surface area contributed by atoms with E-state index in [1.165, 1.54) is 30.3 Å². The van der Waals surface area contributed by atoms with Crippen molar-refractivity contribution in [2.75, 3.05) is 10.6 Å². The van der Waals surface area contributed by atoms with Gasteiger partial charge in [-0.25, -0.2) is 4.68 Å². The Morgan fingerprint density at radius 1 is 0.900 bits per heavy atom. The standard InChI is InChI=1S/C21H18Cl2N4O3/c1-12-3-4-16(7-13(12)2)25-21(30)18-5-6-20(29)27(26-18)11-19(28)24-17-9-14(22)8-15(23)10-17/h3-10H,11H2,1-2H3,(H,24,28)(H,25,30). The molecule has 2 amide bonds. The van der Waals surface area contributed by atoms with Crippen molar-refractivity contribution in [3.05, 3.63) is 85.8 Å². The number of hydrogen-bond donors (Lipinski definition) is 2. The summed E-state index contributed by atoms with van der Waals surface area (Å²) in [5.41, 5.74) is 2.62. The first kappa shape index (κ1) is 21.5. The maximum atomic E-state index is 12.5. The Bertz CT molecular complexity index is 1170. The molecule has 0 fully saturated rings. The van der Waals surface area contributed by atoms with Crippen molar-refractivity contribution >= 4 is 46.4 Å². The second kappa shape index (κ2) is 9.11. The molecule has 2 N–H and O–H groups in total. The molecular weight excluding hydrogens is 427 g/mol. The molecule has 9 heteroatoms. The number of nitrogens with zero attached hydrogens (tertiary/aromatic N) is 2. The van der Waals surface area contributed by atoms with Crippen LogP contribution in [-0.4, -0.2) is 21.6 Å². The molecule has 2 aromatic carbocycles. The molecule has 1 aromatic heterocycles. The molecular formula is C21H18Cl2N4O3. The number of rotatable bonds is 5. The van der Waals surface area contributed by atoms with E-state index in [4.69, 9.17) is 23.2 Å². The third-order valence-corrected chi connectivity index (χ3v) is 4.74. The summed E-state index contributed by atoms with van der Waals surface area (Å²) >= 11 is 11.8. The van der Waals surface area contributed by atoms with Crippen LogP contribution in [0.2, 0.25) is 10.0 Å². The largest absolute Gasteiger partial charge is 0.324 e. The van der Waals surface area contributed by atoms with Crippen LogP contribution in [0.25, 0.3) is 0 Å². The maximum absolute atomic E-state index is 12.5. The second-order valence-electron chi connectivity index (χ2n) is 6.67. The van der Waals surface area contributed by atoms with Gasteiger partial charge in [0.15, 0.2) is 0 Å². The molecule has 0 atom stereocenters. The highest BCUT2D eigenvalue weighted by molar-refractivity contribution is 6.35. The van der Waals surface area contributed by atoms with Gasteiger partial charge in [-0.2, -0.15) is 5.10 Å². The molecule has 7 nitrogen and oxygen atoms in total. The molecule has 0 aliphatic carbocycles. The molecule has 0 aliphatic rings. The molecule has 3 rings (SSSR count). The number of halogens is 2. The van der Waals surface area contributed by atoms with Crippen LogP contribution in [0.4, 0.5) is 11.4 Å². The Morgan fingerprint density at radius 3 is 2.27 bits per heavy atom. The topological polar surface area (TPSA) is 93.1 Å². The predicted octanol–water partition coefficient (Wildman–Crippen LogP) is 4.06. The molecule has 0 bridgehead atoms. The number of nitrogens with one attached hydrogen (secondary N) is 2. The van der Waals surface area contributed by atoms with Gasteiger partial charge in [0.05, 0.1) is 0 Å². The summed E-state index contributed by atoms with van der Waals surface area (Å²) in [5, 5.41) is 10.0. The molecule has 0 saturated heterocycles. The molecule has 0 spiro atoms. The van der Waals surface area contributed by atoms with Gasteiger partial charge in [0, 0.05) is 27.5 Å². The lowest BCUT2D eigenvalue weighted by Crippen LogP contribution is -2.31. The minimum Gasteiger partial charge on any atom is -0.324 e. The van der Waals surface area contributed by atoms with E-state index in [1.54, 1.807) is 6.07 Å². The number of carbonyl (C=O) groups excluding carboxylic acids is 2.